The highest BCUT2D eigenvalue weighted by Gasteiger charge is 2.21. The van der Waals surface area contributed by atoms with Crippen LogP contribution in [0.3, 0.4) is 0 Å². The maximum Gasteiger partial charge on any atom is 0.266 e. The summed E-state index contributed by atoms with van der Waals surface area (Å²) in [7, 11) is 0. The van der Waals surface area contributed by atoms with Crippen LogP contribution in [0.2, 0.25) is 0 Å². The molecule has 1 amide bonds. The molecule has 1 saturated heterocycles. The molecular formula is C26H34N4O2. The van der Waals surface area contributed by atoms with E-state index < -0.39 is 0 Å². The lowest BCUT2D eigenvalue weighted by Crippen LogP contribution is -2.38. The molecule has 2 unspecified atom stereocenters. The summed E-state index contributed by atoms with van der Waals surface area (Å²) in [4.78, 5) is 29.5. The van der Waals surface area contributed by atoms with Gasteiger partial charge in [-0.05, 0) is 60.8 Å². The molecule has 1 fully saturated rings. The molecule has 6 heteroatoms. The Morgan fingerprint density at radius 2 is 1.78 bits per heavy atom. The Kier molecular flexibility index (Phi) is 7.87. The Labute approximate surface area is 190 Å². The molecule has 1 aliphatic heterocycles. The van der Waals surface area contributed by atoms with Gasteiger partial charge in [0.2, 0.25) is 5.91 Å². The van der Waals surface area contributed by atoms with E-state index in [1.165, 1.54) is 12.0 Å². The SMILES string of the molecule is Cc1[nH]c(=O)c(C#N)c(C)c1CCC(=O)NCc1ccc(CN2CC(C)CC(C)C2)cc1. The van der Waals surface area contributed by atoms with Crippen LogP contribution in [-0.2, 0) is 24.3 Å². The number of carbonyl (C=O) groups excluding carboxylic acids is 1. The van der Waals surface area contributed by atoms with Gasteiger partial charge in [0.05, 0.1) is 0 Å². The first kappa shape index (κ1) is 23.7. The van der Waals surface area contributed by atoms with E-state index in [0.717, 1.165) is 42.6 Å². The number of likely N-dealkylation sites (tertiary alicyclic amines) is 1. The third-order valence-corrected chi connectivity index (χ3v) is 6.39. The van der Waals surface area contributed by atoms with Gasteiger partial charge < -0.3 is 10.3 Å². The minimum atomic E-state index is -0.372. The van der Waals surface area contributed by atoms with Crippen molar-refractivity contribution in [2.45, 2.75) is 60.0 Å². The van der Waals surface area contributed by atoms with Crippen molar-refractivity contribution in [2.75, 3.05) is 13.1 Å². The van der Waals surface area contributed by atoms with Crippen LogP contribution in [0, 0.1) is 37.0 Å². The van der Waals surface area contributed by atoms with Gasteiger partial charge in [-0.25, -0.2) is 0 Å². The Balaban J connectivity index is 1.49. The van der Waals surface area contributed by atoms with E-state index in [1.54, 1.807) is 13.8 Å². The molecule has 1 aromatic heterocycles. The fourth-order valence-electron chi connectivity index (χ4n) is 4.89. The average molecular weight is 435 g/mol. The molecule has 1 aliphatic rings. The quantitative estimate of drug-likeness (QED) is 0.697. The second-order valence-electron chi connectivity index (χ2n) is 9.40. The van der Waals surface area contributed by atoms with Crippen molar-refractivity contribution in [3.05, 3.63) is 68.1 Å². The normalized spacial score (nSPS) is 18.8. The zero-order chi connectivity index (χ0) is 23.3. The van der Waals surface area contributed by atoms with Crippen molar-refractivity contribution in [1.29, 1.82) is 5.26 Å². The number of rotatable bonds is 7. The summed E-state index contributed by atoms with van der Waals surface area (Å²) in [6.45, 7) is 12.0. The van der Waals surface area contributed by atoms with E-state index >= 15 is 0 Å². The van der Waals surface area contributed by atoms with Crippen molar-refractivity contribution < 1.29 is 4.79 Å². The van der Waals surface area contributed by atoms with Crippen molar-refractivity contribution in [3.63, 3.8) is 0 Å². The molecule has 0 spiro atoms. The molecule has 1 aromatic carbocycles. The second kappa shape index (κ2) is 10.6. The predicted octanol–water partition coefficient (Wildman–Crippen LogP) is 3.59. The van der Waals surface area contributed by atoms with Gasteiger partial charge in [0, 0.05) is 38.3 Å². The average Bonchev–Trinajstić information content (AvgIpc) is 2.72. The zero-order valence-electron chi connectivity index (χ0n) is 19.6. The maximum absolute atomic E-state index is 12.4. The highest BCUT2D eigenvalue weighted by atomic mass is 16.1. The lowest BCUT2D eigenvalue weighted by atomic mass is 9.91. The first-order chi connectivity index (χ1) is 15.3. The fourth-order valence-corrected chi connectivity index (χ4v) is 4.89. The van der Waals surface area contributed by atoms with Gasteiger partial charge in [-0.1, -0.05) is 38.1 Å². The number of H-pyrrole nitrogens is 1. The Hall–Kier alpha value is -2.91. The summed E-state index contributed by atoms with van der Waals surface area (Å²) in [5.74, 6) is 1.46. The van der Waals surface area contributed by atoms with Gasteiger partial charge in [0.1, 0.15) is 11.6 Å². The van der Waals surface area contributed by atoms with Gasteiger partial charge in [0.15, 0.2) is 0 Å². The standard InChI is InChI=1S/C26H34N4O2/c1-17-11-18(2)15-30(14-17)16-22-7-5-21(6-8-22)13-28-25(31)10-9-23-19(3)24(12-27)26(32)29-20(23)4/h5-8,17-18H,9-11,13-16H2,1-4H3,(H,28,31)(H,29,32). The number of carbonyl (C=O) groups is 1. The number of piperidine rings is 1. The molecule has 0 bridgehead atoms. The van der Waals surface area contributed by atoms with Crippen LogP contribution >= 0.6 is 0 Å². The number of hydrogen-bond donors (Lipinski definition) is 2. The summed E-state index contributed by atoms with van der Waals surface area (Å²) in [5.41, 5.74) is 4.37. The maximum atomic E-state index is 12.4. The molecule has 2 heterocycles. The van der Waals surface area contributed by atoms with Crippen LogP contribution in [0.15, 0.2) is 29.1 Å². The summed E-state index contributed by atoms with van der Waals surface area (Å²) in [5, 5.41) is 12.2. The van der Waals surface area contributed by atoms with Crippen LogP contribution in [0.5, 0.6) is 0 Å². The van der Waals surface area contributed by atoms with E-state index in [4.69, 9.17) is 0 Å². The predicted molar refractivity (Wildman–Crippen MR) is 126 cm³/mol. The molecular weight excluding hydrogens is 400 g/mol. The highest BCUT2D eigenvalue weighted by molar-refractivity contribution is 5.76. The van der Waals surface area contributed by atoms with Crippen molar-refractivity contribution >= 4 is 5.91 Å². The molecule has 0 saturated carbocycles. The molecule has 32 heavy (non-hydrogen) atoms. The van der Waals surface area contributed by atoms with Crippen molar-refractivity contribution in [2.24, 2.45) is 11.8 Å². The second-order valence-corrected chi connectivity index (χ2v) is 9.40. The van der Waals surface area contributed by atoms with Gasteiger partial charge in [0.25, 0.3) is 5.56 Å². The molecule has 0 radical (unpaired) electrons. The molecule has 3 rings (SSSR count). The lowest BCUT2D eigenvalue weighted by molar-refractivity contribution is -0.121. The first-order valence-electron chi connectivity index (χ1n) is 11.5. The summed E-state index contributed by atoms with van der Waals surface area (Å²) < 4.78 is 0. The van der Waals surface area contributed by atoms with Gasteiger partial charge in [-0.3, -0.25) is 14.5 Å². The van der Waals surface area contributed by atoms with Crippen LogP contribution in [-0.4, -0.2) is 28.9 Å². The Morgan fingerprint density at radius 1 is 1.16 bits per heavy atom. The number of amides is 1. The van der Waals surface area contributed by atoms with E-state index in [1.807, 2.05) is 6.07 Å². The number of nitriles is 1. The van der Waals surface area contributed by atoms with E-state index in [2.05, 4.69) is 53.3 Å². The molecule has 2 N–H and O–H groups in total. The summed E-state index contributed by atoms with van der Waals surface area (Å²) >= 11 is 0. The first-order valence-corrected chi connectivity index (χ1v) is 11.5. The number of nitrogens with zero attached hydrogens (tertiary/aromatic N) is 2. The van der Waals surface area contributed by atoms with E-state index in [9.17, 15) is 14.9 Å². The summed E-state index contributed by atoms with van der Waals surface area (Å²) in [6, 6.07) is 10.4. The minimum Gasteiger partial charge on any atom is -0.352 e. The Bertz CT molecular complexity index is 1040. The minimum absolute atomic E-state index is 0.0473. The molecule has 0 aliphatic carbocycles. The molecule has 170 valence electrons. The third-order valence-electron chi connectivity index (χ3n) is 6.39. The molecule has 6 nitrogen and oxygen atoms in total. The van der Waals surface area contributed by atoms with Crippen LogP contribution < -0.4 is 10.9 Å². The number of hydrogen-bond acceptors (Lipinski definition) is 4. The van der Waals surface area contributed by atoms with Crippen LogP contribution in [0.1, 0.15) is 60.2 Å². The monoisotopic (exact) mass is 434 g/mol. The number of aromatic amines is 1. The van der Waals surface area contributed by atoms with E-state index in [-0.39, 0.29) is 17.0 Å². The number of aryl methyl sites for hydroxylation is 1. The lowest BCUT2D eigenvalue weighted by Gasteiger charge is -2.35. The van der Waals surface area contributed by atoms with E-state index in [0.29, 0.717) is 30.6 Å². The van der Waals surface area contributed by atoms with Crippen LogP contribution in [0.4, 0.5) is 0 Å². The zero-order valence-corrected chi connectivity index (χ0v) is 19.6. The van der Waals surface area contributed by atoms with Gasteiger partial charge >= 0.3 is 0 Å². The number of nitrogens with one attached hydrogen (secondary N) is 2. The smallest absolute Gasteiger partial charge is 0.266 e. The number of aromatic nitrogens is 1. The topological polar surface area (TPSA) is 89.0 Å². The van der Waals surface area contributed by atoms with Crippen LogP contribution in [0.25, 0.3) is 0 Å². The highest BCUT2D eigenvalue weighted by Crippen LogP contribution is 2.22. The van der Waals surface area contributed by atoms with Crippen molar-refractivity contribution in [3.8, 4) is 6.07 Å². The largest absolute Gasteiger partial charge is 0.352 e. The Morgan fingerprint density at radius 3 is 2.41 bits per heavy atom. The molecule has 2 atom stereocenters. The van der Waals surface area contributed by atoms with Crippen molar-refractivity contribution in [1.82, 2.24) is 15.2 Å². The number of pyridine rings is 1. The fraction of sp³-hybridized carbons (Fsp3) is 0.500. The van der Waals surface area contributed by atoms with Gasteiger partial charge in [-0.15, -0.1) is 0 Å². The number of benzene rings is 1. The van der Waals surface area contributed by atoms with Gasteiger partial charge in [-0.2, -0.15) is 5.26 Å². The summed E-state index contributed by atoms with van der Waals surface area (Å²) in [6.07, 6.45) is 2.11. The third kappa shape index (κ3) is 6.08. The molecule has 2 aromatic rings.